The summed E-state index contributed by atoms with van der Waals surface area (Å²) in [5.74, 6) is 0.258. The average Bonchev–Trinajstić information content (AvgIpc) is 2.36. The SMILES string of the molecule is [CH2]CC(c1ccccc1)c1cc(Br)ccc1N. The molecule has 2 rings (SSSR count). The molecule has 0 fully saturated rings. The van der Waals surface area contributed by atoms with Crippen molar-refractivity contribution in [3.05, 3.63) is 71.1 Å². The van der Waals surface area contributed by atoms with Gasteiger partial charge < -0.3 is 5.73 Å². The van der Waals surface area contributed by atoms with Gasteiger partial charge in [-0.25, -0.2) is 0 Å². The Morgan fingerprint density at radius 1 is 1.12 bits per heavy atom. The van der Waals surface area contributed by atoms with Gasteiger partial charge in [-0.3, -0.25) is 0 Å². The maximum absolute atomic E-state index is 6.05. The number of rotatable bonds is 3. The van der Waals surface area contributed by atoms with Crippen molar-refractivity contribution in [1.82, 2.24) is 0 Å². The van der Waals surface area contributed by atoms with Gasteiger partial charge in [0.1, 0.15) is 0 Å². The lowest BCUT2D eigenvalue weighted by atomic mass is 9.88. The van der Waals surface area contributed by atoms with Crippen molar-refractivity contribution in [3.63, 3.8) is 0 Å². The molecule has 1 radical (unpaired) electrons. The summed E-state index contributed by atoms with van der Waals surface area (Å²) in [6.45, 7) is 4.04. The zero-order valence-corrected chi connectivity index (χ0v) is 11.2. The highest BCUT2D eigenvalue weighted by Crippen LogP contribution is 2.33. The Kier molecular flexibility index (Phi) is 3.85. The lowest BCUT2D eigenvalue weighted by Crippen LogP contribution is -2.03. The summed E-state index contributed by atoms with van der Waals surface area (Å²) in [6, 6.07) is 16.3. The third kappa shape index (κ3) is 2.70. The molecule has 17 heavy (non-hydrogen) atoms. The van der Waals surface area contributed by atoms with Crippen molar-refractivity contribution >= 4 is 21.6 Å². The number of hydrogen-bond acceptors (Lipinski definition) is 1. The van der Waals surface area contributed by atoms with E-state index in [1.807, 2.05) is 30.3 Å². The molecule has 1 unspecified atom stereocenters. The van der Waals surface area contributed by atoms with E-state index < -0.39 is 0 Å². The van der Waals surface area contributed by atoms with Gasteiger partial charge in [-0.05, 0) is 35.7 Å². The Hall–Kier alpha value is -1.28. The number of nitrogen functional groups attached to an aromatic ring is 1. The third-order valence-corrected chi connectivity index (χ3v) is 3.41. The Bertz CT molecular complexity index is 494. The summed E-state index contributed by atoms with van der Waals surface area (Å²) in [6.07, 6.45) is 0.796. The van der Waals surface area contributed by atoms with E-state index in [0.717, 1.165) is 22.1 Å². The fourth-order valence-corrected chi connectivity index (χ4v) is 2.41. The van der Waals surface area contributed by atoms with Crippen LogP contribution < -0.4 is 5.73 Å². The number of halogens is 1. The van der Waals surface area contributed by atoms with Crippen LogP contribution in [0.1, 0.15) is 23.5 Å². The number of hydrogen-bond donors (Lipinski definition) is 1. The Balaban J connectivity index is 2.46. The summed E-state index contributed by atoms with van der Waals surface area (Å²) in [7, 11) is 0. The van der Waals surface area contributed by atoms with Gasteiger partial charge in [-0.2, -0.15) is 0 Å². The van der Waals surface area contributed by atoms with E-state index in [-0.39, 0.29) is 5.92 Å². The molecule has 0 aliphatic rings. The molecule has 2 heteroatoms. The van der Waals surface area contributed by atoms with Crippen molar-refractivity contribution in [3.8, 4) is 0 Å². The van der Waals surface area contributed by atoms with Crippen molar-refractivity contribution in [2.45, 2.75) is 12.3 Å². The van der Waals surface area contributed by atoms with Crippen LogP contribution in [0.4, 0.5) is 5.69 Å². The van der Waals surface area contributed by atoms with Gasteiger partial charge in [0.2, 0.25) is 0 Å². The van der Waals surface area contributed by atoms with Crippen molar-refractivity contribution in [2.75, 3.05) is 5.73 Å². The fraction of sp³-hybridized carbons (Fsp3) is 0.133. The Morgan fingerprint density at radius 3 is 2.47 bits per heavy atom. The summed E-state index contributed by atoms with van der Waals surface area (Å²) in [5.41, 5.74) is 9.28. The molecule has 0 bridgehead atoms. The fourth-order valence-electron chi connectivity index (χ4n) is 2.03. The molecule has 0 amide bonds. The summed E-state index contributed by atoms with van der Waals surface area (Å²) in [4.78, 5) is 0. The van der Waals surface area contributed by atoms with E-state index in [9.17, 15) is 0 Å². The van der Waals surface area contributed by atoms with Crippen molar-refractivity contribution < 1.29 is 0 Å². The van der Waals surface area contributed by atoms with E-state index in [2.05, 4.69) is 41.1 Å². The summed E-state index contributed by atoms with van der Waals surface area (Å²) >= 11 is 3.49. The minimum Gasteiger partial charge on any atom is -0.398 e. The molecule has 0 saturated heterocycles. The predicted molar refractivity (Wildman–Crippen MR) is 76.8 cm³/mol. The average molecular weight is 289 g/mol. The van der Waals surface area contributed by atoms with Crippen LogP contribution in [0.15, 0.2) is 53.0 Å². The molecule has 1 nitrogen and oxygen atoms in total. The van der Waals surface area contributed by atoms with E-state index in [0.29, 0.717) is 0 Å². The first-order chi connectivity index (χ1) is 8.22. The number of anilines is 1. The molecule has 2 aromatic carbocycles. The molecule has 87 valence electrons. The van der Waals surface area contributed by atoms with Crippen LogP contribution in [0, 0.1) is 6.92 Å². The lowest BCUT2D eigenvalue weighted by molar-refractivity contribution is 0.829. The summed E-state index contributed by atoms with van der Waals surface area (Å²) < 4.78 is 1.05. The molecule has 0 saturated carbocycles. The molecule has 1 atom stereocenters. The largest absolute Gasteiger partial charge is 0.398 e. The Labute approximate surface area is 111 Å². The van der Waals surface area contributed by atoms with Crippen LogP contribution >= 0.6 is 15.9 Å². The van der Waals surface area contributed by atoms with Gasteiger partial charge in [-0.15, -0.1) is 0 Å². The van der Waals surface area contributed by atoms with Gasteiger partial charge in [0.05, 0.1) is 0 Å². The second kappa shape index (κ2) is 5.37. The first kappa shape index (κ1) is 12.2. The van der Waals surface area contributed by atoms with E-state index in [1.165, 1.54) is 5.56 Å². The quantitative estimate of drug-likeness (QED) is 0.833. The third-order valence-electron chi connectivity index (χ3n) is 2.91. The zero-order valence-electron chi connectivity index (χ0n) is 9.57. The Morgan fingerprint density at radius 2 is 1.82 bits per heavy atom. The zero-order chi connectivity index (χ0) is 12.3. The second-order valence-corrected chi connectivity index (χ2v) is 4.94. The van der Waals surface area contributed by atoms with Crippen LogP contribution in [0.2, 0.25) is 0 Å². The normalized spacial score (nSPS) is 12.4. The molecule has 0 aliphatic heterocycles. The van der Waals surface area contributed by atoms with E-state index >= 15 is 0 Å². The topological polar surface area (TPSA) is 26.0 Å². The van der Waals surface area contributed by atoms with Crippen LogP contribution in [-0.2, 0) is 0 Å². The van der Waals surface area contributed by atoms with Crippen molar-refractivity contribution in [2.24, 2.45) is 0 Å². The van der Waals surface area contributed by atoms with Crippen LogP contribution in [-0.4, -0.2) is 0 Å². The van der Waals surface area contributed by atoms with Crippen molar-refractivity contribution in [1.29, 1.82) is 0 Å². The lowest BCUT2D eigenvalue weighted by Gasteiger charge is -2.18. The molecule has 0 aliphatic carbocycles. The molecule has 2 aromatic rings. The molecular weight excluding hydrogens is 274 g/mol. The van der Waals surface area contributed by atoms with Gasteiger partial charge in [-0.1, -0.05) is 53.2 Å². The second-order valence-electron chi connectivity index (χ2n) is 4.03. The minimum atomic E-state index is 0.258. The summed E-state index contributed by atoms with van der Waals surface area (Å²) in [5, 5.41) is 0. The minimum absolute atomic E-state index is 0.258. The smallest absolute Gasteiger partial charge is 0.0353 e. The number of nitrogens with two attached hydrogens (primary N) is 1. The van der Waals surface area contributed by atoms with Gasteiger partial charge in [0.25, 0.3) is 0 Å². The molecular formula is C15H15BrN. The molecule has 0 aromatic heterocycles. The van der Waals surface area contributed by atoms with Gasteiger partial charge in [0.15, 0.2) is 0 Å². The van der Waals surface area contributed by atoms with Gasteiger partial charge in [0, 0.05) is 16.1 Å². The predicted octanol–water partition coefficient (Wildman–Crippen LogP) is 4.39. The highest BCUT2D eigenvalue weighted by Gasteiger charge is 2.14. The highest BCUT2D eigenvalue weighted by atomic mass is 79.9. The van der Waals surface area contributed by atoms with E-state index in [4.69, 9.17) is 5.73 Å². The van der Waals surface area contributed by atoms with Gasteiger partial charge >= 0.3 is 0 Å². The van der Waals surface area contributed by atoms with E-state index in [1.54, 1.807) is 0 Å². The standard InChI is InChI=1S/C15H15BrN/c1-2-13(11-6-4-3-5-7-11)14-10-12(16)8-9-15(14)17/h3-10,13H,1-2,17H2. The highest BCUT2D eigenvalue weighted by molar-refractivity contribution is 9.10. The first-order valence-corrected chi connectivity index (χ1v) is 6.40. The molecule has 0 heterocycles. The first-order valence-electron chi connectivity index (χ1n) is 5.61. The molecule has 2 N–H and O–H groups in total. The maximum atomic E-state index is 6.05. The van der Waals surface area contributed by atoms with Crippen LogP contribution in [0.5, 0.6) is 0 Å². The number of benzene rings is 2. The molecule has 0 spiro atoms. The van der Waals surface area contributed by atoms with Crippen LogP contribution in [0.3, 0.4) is 0 Å². The maximum Gasteiger partial charge on any atom is 0.0353 e. The monoisotopic (exact) mass is 288 g/mol. The van der Waals surface area contributed by atoms with Crippen LogP contribution in [0.25, 0.3) is 0 Å².